The Morgan fingerprint density at radius 2 is 1.93 bits per heavy atom. The lowest BCUT2D eigenvalue weighted by atomic mass is 10.0. The van der Waals surface area contributed by atoms with E-state index in [1.54, 1.807) is 11.0 Å². The first kappa shape index (κ1) is 19.2. The summed E-state index contributed by atoms with van der Waals surface area (Å²) in [7, 11) is 0. The van der Waals surface area contributed by atoms with Crippen molar-refractivity contribution in [3.8, 4) is 0 Å². The SMILES string of the molecule is Cc1nc(N2CCC(NC(=O)c3ccc4[nH]ccc4c3)CC2)cc(C(F)(F)F)n1. The van der Waals surface area contributed by atoms with Gasteiger partial charge in [0.25, 0.3) is 5.91 Å². The van der Waals surface area contributed by atoms with Gasteiger partial charge < -0.3 is 15.2 Å². The largest absolute Gasteiger partial charge is 0.433 e. The van der Waals surface area contributed by atoms with Crippen molar-refractivity contribution in [2.75, 3.05) is 18.0 Å². The number of nitrogens with one attached hydrogen (secondary N) is 2. The Kier molecular flexibility index (Phi) is 4.89. The number of carbonyl (C=O) groups excluding carboxylic acids is 1. The lowest BCUT2D eigenvalue weighted by Gasteiger charge is -2.33. The molecule has 1 saturated heterocycles. The third-order valence-electron chi connectivity index (χ3n) is 5.08. The summed E-state index contributed by atoms with van der Waals surface area (Å²) in [6.07, 6.45) is -1.43. The number of hydrogen-bond donors (Lipinski definition) is 2. The van der Waals surface area contributed by atoms with Crippen molar-refractivity contribution in [1.29, 1.82) is 0 Å². The van der Waals surface area contributed by atoms with Gasteiger partial charge in [0.15, 0.2) is 0 Å². The van der Waals surface area contributed by atoms with Crippen LogP contribution in [0.4, 0.5) is 19.0 Å². The molecule has 0 atom stereocenters. The number of piperidine rings is 1. The minimum atomic E-state index is -4.50. The van der Waals surface area contributed by atoms with E-state index in [4.69, 9.17) is 0 Å². The Hall–Kier alpha value is -3.10. The average molecular weight is 403 g/mol. The van der Waals surface area contributed by atoms with Crippen LogP contribution in [0.1, 0.15) is 34.7 Å². The number of alkyl halides is 3. The van der Waals surface area contributed by atoms with Crippen molar-refractivity contribution in [3.63, 3.8) is 0 Å². The number of carbonyl (C=O) groups is 1. The van der Waals surface area contributed by atoms with Crippen LogP contribution >= 0.6 is 0 Å². The van der Waals surface area contributed by atoms with Gasteiger partial charge in [0, 0.05) is 47.9 Å². The standard InChI is InChI=1S/C20H20F3N5O/c1-12-25-17(20(21,22)23)11-18(26-12)28-8-5-15(6-9-28)27-19(29)14-2-3-16-13(10-14)4-7-24-16/h2-4,7,10-11,15,24H,5-6,8-9H2,1H3,(H,27,29). The first-order chi connectivity index (χ1) is 13.8. The second kappa shape index (κ2) is 7.38. The molecule has 0 saturated carbocycles. The molecule has 29 heavy (non-hydrogen) atoms. The van der Waals surface area contributed by atoms with Crippen molar-refractivity contribution in [2.45, 2.75) is 32.0 Å². The third-order valence-corrected chi connectivity index (χ3v) is 5.08. The molecule has 1 fully saturated rings. The second-order valence-corrected chi connectivity index (χ2v) is 7.17. The summed E-state index contributed by atoms with van der Waals surface area (Å²) in [5.41, 5.74) is 0.615. The molecule has 0 spiro atoms. The Morgan fingerprint density at radius 1 is 1.17 bits per heavy atom. The Labute approximate surface area is 165 Å². The van der Waals surface area contributed by atoms with Gasteiger partial charge in [0.1, 0.15) is 17.3 Å². The maximum atomic E-state index is 13.0. The number of amides is 1. The van der Waals surface area contributed by atoms with Crippen LogP contribution in [0.25, 0.3) is 10.9 Å². The maximum Gasteiger partial charge on any atom is 0.433 e. The smallest absolute Gasteiger partial charge is 0.361 e. The molecule has 1 aliphatic rings. The molecule has 4 rings (SSSR count). The molecule has 0 unspecified atom stereocenters. The number of aromatic amines is 1. The topological polar surface area (TPSA) is 73.9 Å². The van der Waals surface area contributed by atoms with Crippen molar-refractivity contribution in [1.82, 2.24) is 20.3 Å². The van der Waals surface area contributed by atoms with Crippen molar-refractivity contribution in [3.05, 3.63) is 53.6 Å². The molecule has 1 aliphatic heterocycles. The number of anilines is 1. The quantitative estimate of drug-likeness (QED) is 0.700. The third kappa shape index (κ3) is 4.18. The van der Waals surface area contributed by atoms with Gasteiger partial charge in [-0.2, -0.15) is 13.2 Å². The van der Waals surface area contributed by atoms with Crippen LogP contribution in [0.5, 0.6) is 0 Å². The van der Waals surface area contributed by atoms with Crippen LogP contribution in [0.3, 0.4) is 0 Å². The molecule has 3 heterocycles. The minimum Gasteiger partial charge on any atom is -0.361 e. The molecule has 1 aromatic carbocycles. The van der Waals surface area contributed by atoms with E-state index in [2.05, 4.69) is 20.3 Å². The number of H-pyrrole nitrogens is 1. The molecule has 0 aliphatic carbocycles. The van der Waals surface area contributed by atoms with E-state index in [-0.39, 0.29) is 23.6 Å². The fourth-order valence-electron chi connectivity index (χ4n) is 3.58. The van der Waals surface area contributed by atoms with Crippen molar-refractivity contribution in [2.24, 2.45) is 0 Å². The van der Waals surface area contributed by atoms with Crippen molar-refractivity contribution < 1.29 is 18.0 Å². The number of fused-ring (bicyclic) bond motifs is 1. The molecule has 2 N–H and O–H groups in total. The molecule has 3 aromatic rings. The molecule has 152 valence electrons. The van der Waals surface area contributed by atoms with Gasteiger partial charge in [-0.15, -0.1) is 0 Å². The van der Waals surface area contributed by atoms with Gasteiger partial charge in [-0.05, 0) is 44.0 Å². The zero-order chi connectivity index (χ0) is 20.6. The fraction of sp³-hybridized carbons (Fsp3) is 0.350. The number of benzene rings is 1. The molecule has 2 aromatic heterocycles. The zero-order valence-electron chi connectivity index (χ0n) is 15.8. The monoisotopic (exact) mass is 403 g/mol. The summed E-state index contributed by atoms with van der Waals surface area (Å²) in [6, 6.07) is 8.32. The normalized spacial score (nSPS) is 15.7. The summed E-state index contributed by atoms with van der Waals surface area (Å²) in [5, 5.41) is 3.99. The Morgan fingerprint density at radius 3 is 2.66 bits per heavy atom. The van der Waals surface area contributed by atoms with Gasteiger partial charge in [-0.1, -0.05) is 0 Å². The summed E-state index contributed by atoms with van der Waals surface area (Å²) in [5.74, 6) is 0.210. The summed E-state index contributed by atoms with van der Waals surface area (Å²) in [4.78, 5) is 25.1. The predicted octanol–water partition coefficient (Wildman–Crippen LogP) is 3.68. The highest BCUT2D eigenvalue weighted by Crippen LogP contribution is 2.30. The summed E-state index contributed by atoms with van der Waals surface area (Å²) >= 11 is 0. The van der Waals surface area contributed by atoms with Gasteiger partial charge in [0.2, 0.25) is 0 Å². The minimum absolute atomic E-state index is 0.0364. The molecule has 1 amide bonds. The van der Waals surface area contributed by atoms with Gasteiger partial charge in [-0.25, -0.2) is 9.97 Å². The maximum absolute atomic E-state index is 13.0. The van der Waals surface area contributed by atoms with E-state index in [9.17, 15) is 18.0 Å². The Bertz CT molecular complexity index is 1040. The summed E-state index contributed by atoms with van der Waals surface area (Å²) < 4.78 is 39.0. The predicted molar refractivity (Wildman–Crippen MR) is 103 cm³/mol. The number of nitrogens with zero attached hydrogens (tertiary/aromatic N) is 3. The lowest BCUT2D eigenvalue weighted by molar-refractivity contribution is -0.141. The highest BCUT2D eigenvalue weighted by molar-refractivity contribution is 5.98. The number of hydrogen-bond acceptors (Lipinski definition) is 4. The van der Waals surface area contributed by atoms with Gasteiger partial charge in [0.05, 0.1) is 0 Å². The van der Waals surface area contributed by atoms with Crippen LogP contribution in [0, 0.1) is 6.92 Å². The first-order valence-corrected chi connectivity index (χ1v) is 9.35. The van der Waals surface area contributed by atoms with Crippen LogP contribution in [0.2, 0.25) is 0 Å². The highest BCUT2D eigenvalue weighted by Gasteiger charge is 2.34. The van der Waals surface area contributed by atoms with E-state index in [1.165, 1.54) is 6.92 Å². The highest BCUT2D eigenvalue weighted by atomic mass is 19.4. The number of aryl methyl sites for hydroxylation is 1. The van der Waals surface area contributed by atoms with E-state index in [0.29, 0.717) is 31.5 Å². The van der Waals surface area contributed by atoms with Crippen LogP contribution in [-0.2, 0) is 6.18 Å². The van der Waals surface area contributed by atoms with E-state index in [1.807, 2.05) is 24.4 Å². The second-order valence-electron chi connectivity index (χ2n) is 7.17. The lowest BCUT2D eigenvalue weighted by Crippen LogP contribution is -2.45. The number of halogens is 3. The van der Waals surface area contributed by atoms with Crippen LogP contribution < -0.4 is 10.2 Å². The van der Waals surface area contributed by atoms with E-state index in [0.717, 1.165) is 17.0 Å². The van der Waals surface area contributed by atoms with Crippen LogP contribution in [0.15, 0.2) is 36.5 Å². The molecule has 9 heteroatoms. The fourth-order valence-corrected chi connectivity index (χ4v) is 3.58. The molecule has 0 bridgehead atoms. The average Bonchev–Trinajstić information content (AvgIpc) is 3.15. The molecular formula is C20H20F3N5O. The number of rotatable bonds is 3. The summed E-state index contributed by atoms with van der Waals surface area (Å²) in [6.45, 7) is 2.47. The van der Waals surface area contributed by atoms with Gasteiger partial charge in [-0.3, -0.25) is 4.79 Å². The number of aromatic nitrogens is 3. The Balaban J connectivity index is 1.39. The van der Waals surface area contributed by atoms with Crippen molar-refractivity contribution >= 4 is 22.6 Å². The van der Waals surface area contributed by atoms with E-state index >= 15 is 0 Å². The van der Waals surface area contributed by atoms with Crippen LogP contribution in [-0.4, -0.2) is 40.0 Å². The zero-order valence-corrected chi connectivity index (χ0v) is 15.8. The molecule has 6 nitrogen and oxygen atoms in total. The van der Waals surface area contributed by atoms with E-state index < -0.39 is 11.9 Å². The molecular weight excluding hydrogens is 383 g/mol. The van der Waals surface area contributed by atoms with Gasteiger partial charge >= 0.3 is 6.18 Å². The molecule has 0 radical (unpaired) electrons. The first-order valence-electron chi connectivity index (χ1n) is 9.35.